The first-order chi connectivity index (χ1) is 16.4. The fourth-order valence-electron chi connectivity index (χ4n) is 3.75. The van der Waals surface area contributed by atoms with Crippen molar-refractivity contribution >= 4 is 29.0 Å². The van der Waals surface area contributed by atoms with Crippen LogP contribution in [0, 0.1) is 0 Å². The van der Waals surface area contributed by atoms with Crippen molar-refractivity contribution < 1.29 is 35.9 Å². The third-order valence-corrected chi connectivity index (χ3v) is 5.80. The SMILES string of the molecule is COc1ccc([C@@H]2C[C@H](C(F)(F)F)n3nc(C(=O)Nc4ccc(Cl)c(C(F)(F)F)c4)cc3N2)cc1. The molecule has 0 bridgehead atoms. The van der Waals surface area contributed by atoms with Crippen molar-refractivity contribution in [2.75, 3.05) is 17.7 Å². The van der Waals surface area contributed by atoms with E-state index in [4.69, 9.17) is 16.3 Å². The summed E-state index contributed by atoms with van der Waals surface area (Å²) in [4.78, 5) is 12.6. The zero-order valence-corrected chi connectivity index (χ0v) is 18.6. The van der Waals surface area contributed by atoms with Crippen molar-refractivity contribution in [3.8, 4) is 5.75 Å². The molecular weight excluding hydrogens is 502 g/mol. The van der Waals surface area contributed by atoms with Gasteiger partial charge in [-0.1, -0.05) is 23.7 Å². The lowest BCUT2D eigenvalue weighted by molar-refractivity contribution is -0.173. The molecular formula is C22H17ClF6N4O2. The molecule has 0 aliphatic carbocycles. The number of benzene rings is 2. The van der Waals surface area contributed by atoms with E-state index < -0.39 is 53.0 Å². The lowest BCUT2D eigenvalue weighted by Gasteiger charge is -2.33. The summed E-state index contributed by atoms with van der Waals surface area (Å²) in [6, 6.07) is 7.57. The smallest absolute Gasteiger partial charge is 0.417 e. The zero-order valence-electron chi connectivity index (χ0n) is 17.8. The average molecular weight is 519 g/mol. The van der Waals surface area contributed by atoms with Crippen LogP contribution in [0.2, 0.25) is 5.02 Å². The summed E-state index contributed by atoms with van der Waals surface area (Å²) in [5, 5.41) is 8.39. The van der Waals surface area contributed by atoms with E-state index >= 15 is 0 Å². The van der Waals surface area contributed by atoms with Crippen LogP contribution in [0.3, 0.4) is 0 Å². The molecule has 0 radical (unpaired) electrons. The van der Waals surface area contributed by atoms with E-state index in [1.54, 1.807) is 24.3 Å². The Morgan fingerprint density at radius 3 is 2.40 bits per heavy atom. The summed E-state index contributed by atoms with van der Waals surface area (Å²) in [5.74, 6) is -0.500. The normalized spacial score (nSPS) is 17.9. The Morgan fingerprint density at radius 1 is 1.11 bits per heavy atom. The van der Waals surface area contributed by atoms with Gasteiger partial charge in [-0.3, -0.25) is 4.79 Å². The van der Waals surface area contributed by atoms with E-state index in [1.807, 2.05) is 0 Å². The standard InChI is InChI=1S/C22H17ClF6N4O2/c1-35-13-5-2-11(3-6-13)16-9-18(22(27,28)29)33-19(31-16)10-17(32-33)20(34)30-12-4-7-15(23)14(8-12)21(24,25)26/h2-8,10,16,18,31H,9H2,1H3,(H,30,34)/t16-,18+/m0/s1. The van der Waals surface area contributed by atoms with Gasteiger partial charge in [-0.2, -0.15) is 31.4 Å². The van der Waals surface area contributed by atoms with Crippen LogP contribution < -0.4 is 15.4 Å². The van der Waals surface area contributed by atoms with E-state index in [9.17, 15) is 31.1 Å². The Morgan fingerprint density at radius 2 is 1.80 bits per heavy atom. The van der Waals surface area contributed by atoms with E-state index in [2.05, 4.69) is 15.7 Å². The maximum Gasteiger partial charge on any atom is 0.417 e. The number of hydrogen-bond acceptors (Lipinski definition) is 4. The summed E-state index contributed by atoms with van der Waals surface area (Å²) in [6.45, 7) is 0. The number of fused-ring (bicyclic) bond motifs is 1. The number of carbonyl (C=O) groups is 1. The van der Waals surface area contributed by atoms with Crippen LogP contribution in [-0.4, -0.2) is 29.0 Å². The highest BCUT2D eigenvalue weighted by Crippen LogP contribution is 2.44. The number of hydrogen-bond donors (Lipinski definition) is 2. The van der Waals surface area contributed by atoms with Crippen LogP contribution in [0.4, 0.5) is 37.8 Å². The van der Waals surface area contributed by atoms with Crippen LogP contribution in [0.1, 0.15) is 40.1 Å². The topological polar surface area (TPSA) is 68.2 Å². The average Bonchev–Trinajstić information content (AvgIpc) is 3.22. The number of halogens is 7. The lowest BCUT2D eigenvalue weighted by Crippen LogP contribution is -2.35. The van der Waals surface area contributed by atoms with Crippen molar-refractivity contribution in [3.05, 3.63) is 70.4 Å². The summed E-state index contributed by atoms with van der Waals surface area (Å²) in [5.41, 5.74) is -1.24. The molecule has 1 aliphatic heterocycles. The number of nitrogens with one attached hydrogen (secondary N) is 2. The highest BCUT2D eigenvalue weighted by Gasteiger charge is 2.47. The molecule has 2 aromatic carbocycles. The molecule has 186 valence electrons. The quantitative estimate of drug-likeness (QED) is 0.388. The van der Waals surface area contributed by atoms with E-state index in [0.717, 1.165) is 18.2 Å². The molecule has 13 heteroatoms. The summed E-state index contributed by atoms with van der Waals surface area (Å²) in [7, 11) is 1.46. The molecule has 4 rings (SSSR count). The Hall–Kier alpha value is -3.41. The summed E-state index contributed by atoms with van der Waals surface area (Å²) >= 11 is 5.57. The van der Waals surface area contributed by atoms with Crippen molar-refractivity contribution in [3.63, 3.8) is 0 Å². The Balaban J connectivity index is 1.62. The van der Waals surface area contributed by atoms with Gasteiger partial charge in [0.25, 0.3) is 5.91 Å². The minimum absolute atomic E-state index is 0.0587. The van der Waals surface area contributed by atoms with Gasteiger partial charge in [-0.15, -0.1) is 0 Å². The minimum Gasteiger partial charge on any atom is -0.497 e. The Bertz CT molecular complexity index is 1240. The summed E-state index contributed by atoms with van der Waals surface area (Å²) < 4.78 is 86.5. The number of carbonyl (C=O) groups excluding carboxylic acids is 1. The van der Waals surface area contributed by atoms with Crippen LogP contribution in [-0.2, 0) is 6.18 Å². The maximum atomic E-state index is 13.9. The zero-order chi connectivity index (χ0) is 25.5. The Kier molecular flexibility index (Phi) is 6.34. The molecule has 2 N–H and O–H groups in total. The Labute approximate surface area is 199 Å². The summed E-state index contributed by atoms with van der Waals surface area (Å²) in [6.07, 6.45) is -9.82. The number of anilines is 2. The largest absolute Gasteiger partial charge is 0.497 e. The van der Waals surface area contributed by atoms with Gasteiger partial charge in [0.05, 0.1) is 23.7 Å². The predicted octanol–water partition coefficient (Wildman–Crippen LogP) is 6.48. The molecule has 0 fully saturated rings. The van der Waals surface area contributed by atoms with Gasteiger partial charge in [-0.05, 0) is 35.9 Å². The second kappa shape index (κ2) is 8.99. The van der Waals surface area contributed by atoms with Gasteiger partial charge in [0, 0.05) is 18.2 Å². The van der Waals surface area contributed by atoms with Crippen molar-refractivity contribution in [1.29, 1.82) is 0 Å². The maximum absolute atomic E-state index is 13.9. The second-order valence-electron chi connectivity index (χ2n) is 7.77. The number of ether oxygens (including phenoxy) is 1. The van der Waals surface area contributed by atoms with Crippen molar-refractivity contribution in [1.82, 2.24) is 9.78 Å². The molecule has 2 atom stereocenters. The first-order valence-electron chi connectivity index (χ1n) is 10.1. The van der Waals surface area contributed by atoms with Gasteiger partial charge >= 0.3 is 12.4 Å². The third kappa shape index (κ3) is 5.16. The van der Waals surface area contributed by atoms with E-state index in [-0.39, 0.29) is 11.5 Å². The van der Waals surface area contributed by atoms with Crippen LogP contribution in [0.15, 0.2) is 48.5 Å². The highest BCUT2D eigenvalue weighted by atomic mass is 35.5. The van der Waals surface area contributed by atoms with Crippen LogP contribution in [0.25, 0.3) is 0 Å². The van der Waals surface area contributed by atoms with Crippen molar-refractivity contribution in [2.45, 2.75) is 30.9 Å². The molecule has 0 spiro atoms. The number of aromatic nitrogens is 2. The van der Waals surface area contributed by atoms with E-state index in [1.165, 1.54) is 7.11 Å². The third-order valence-electron chi connectivity index (χ3n) is 5.47. The molecule has 0 unspecified atom stereocenters. The number of rotatable bonds is 4. The number of methoxy groups -OCH3 is 1. The molecule has 1 aromatic heterocycles. The monoisotopic (exact) mass is 518 g/mol. The van der Waals surface area contributed by atoms with Crippen molar-refractivity contribution in [2.24, 2.45) is 0 Å². The number of nitrogens with zero attached hydrogens (tertiary/aromatic N) is 2. The molecule has 2 heterocycles. The molecule has 1 amide bonds. The van der Waals surface area contributed by atoms with Gasteiger partial charge in [-0.25, -0.2) is 4.68 Å². The molecule has 3 aromatic rings. The lowest BCUT2D eigenvalue weighted by atomic mass is 9.97. The second-order valence-corrected chi connectivity index (χ2v) is 8.18. The minimum atomic E-state index is -4.76. The van der Waals surface area contributed by atoms with Crippen LogP contribution in [0.5, 0.6) is 5.75 Å². The molecule has 35 heavy (non-hydrogen) atoms. The predicted molar refractivity (Wildman–Crippen MR) is 116 cm³/mol. The first-order valence-corrected chi connectivity index (χ1v) is 10.5. The molecule has 0 saturated carbocycles. The highest BCUT2D eigenvalue weighted by molar-refractivity contribution is 6.31. The van der Waals surface area contributed by atoms with Gasteiger partial charge in [0.15, 0.2) is 11.7 Å². The van der Waals surface area contributed by atoms with E-state index in [0.29, 0.717) is 22.1 Å². The van der Waals surface area contributed by atoms with Crippen LogP contribution >= 0.6 is 11.6 Å². The molecule has 0 saturated heterocycles. The first kappa shape index (κ1) is 24.7. The fraction of sp³-hybridized carbons (Fsp3) is 0.273. The number of alkyl halides is 6. The van der Waals surface area contributed by atoms with Gasteiger partial charge < -0.3 is 15.4 Å². The number of amides is 1. The fourth-order valence-corrected chi connectivity index (χ4v) is 3.98. The molecule has 1 aliphatic rings. The molecule has 6 nitrogen and oxygen atoms in total. The van der Waals surface area contributed by atoms with Gasteiger partial charge in [0.1, 0.15) is 11.6 Å². The van der Waals surface area contributed by atoms with Gasteiger partial charge in [0.2, 0.25) is 0 Å².